The molecule has 0 atom stereocenters. The molecule has 0 bridgehead atoms. The Labute approximate surface area is 127 Å². The second-order valence-corrected chi connectivity index (χ2v) is 4.65. The lowest BCUT2D eigenvalue weighted by molar-refractivity contribution is 0.311. The lowest BCUT2D eigenvalue weighted by Crippen LogP contribution is -2.09. The molecule has 1 aromatic carbocycles. The first-order valence-corrected chi connectivity index (χ1v) is 6.79. The Hall–Kier alpha value is -3.04. The molecule has 0 amide bonds. The van der Waals surface area contributed by atoms with Gasteiger partial charge in [-0.1, -0.05) is 6.07 Å². The Morgan fingerprint density at radius 3 is 2.64 bits per heavy atom. The molecule has 0 aliphatic rings. The van der Waals surface area contributed by atoms with E-state index in [4.69, 9.17) is 10.4 Å². The van der Waals surface area contributed by atoms with Crippen molar-refractivity contribution in [2.24, 2.45) is 0 Å². The fourth-order valence-electron chi connectivity index (χ4n) is 2.27. The Morgan fingerprint density at radius 1 is 1.09 bits per heavy atom. The number of nitrogens with one attached hydrogen (secondary N) is 1. The number of aliphatic hydroxyl groups excluding tert-OH is 1. The first-order valence-electron chi connectivity index (χ1n) is 6.79. The van der Waals surface area contributed by atoms with Crippen LogP contribution in [0.25, 0.3) is 22.0 Å². The van der Waals surface area contributed by atoms with Crippen LogP contribution in [0.1, 0.15) is 5.69 Å². The van der Waals surface area contributed by atoms with Crippen LogP contribution >= 0.6 is 0 Å². The van der Waals surface area contributed by atoms with Gasteiger partial charge in [0.25, 0.3) is 0 Å². The van der Waals surface area contributed by atoms with E-state index in [-0.39, 0.29) is 12.3 Å². The van der Waals surface area contributed by atoms with Gasteiger partial charge in [-0.05, 0) is 35.4 Å². The zero-order chi connectivity index (χ0) is 15.4. The lowest BCUT2D eigenvalue weighted by atomic mass is 10.0. The van der Waals surface area contributed by atoms with Gasteiger partial charge in [0.15, 0.2) is 5.69 Å². The lowest BCUT2D eigenvalue weighted by Gasteiger charge is -2.10. The number of aliphatic hydroxyl groups is 1. The molecule has 6 nitrogen and oxygen atoms in total. The van der Waals surface area contributed by atoms with Crippen molar-refractivity contribution in [1.29, 1.82) is 5.26 Å². The number of rotatable bonds is 4. The maximum atomic E-state index is 9.15. The maximum Gasteiger partial charge on any atom is 0.186 e. The smallest absolute Gasteiger partial charge is 0.186 e. The fourth-order valence-corrected chi connectivity index (χ4v) is 2.27. The number of fused-ring (bicyclic) bond motifs is 1. The Kier molecular flexibility index (Phi) is 3.90. The van der Waals surface area contributed by atoms with Crippen molar-refractivity contribution in [2.75, 3.05) is 18.5 Å². The van der Waals surface area contributed by atoms with E-state index in [9.17, 15) is 0 Å². The van der Waals surface area contributed by atoms with Crippen molar-refractivity contribution in [3.05, 3.63) is 48.4 Å². The van der Waals surface area contributed by atoms with Crippen molar-refractivity contribution in [3.63, 3.8) is 0 Å². The zero-order valence-electron chi connectivity index (χ0n) is 11.7. The summed E-state index contributed by atoms with van der Waals surface area (Å²) in [6.07, 6.45) is 3.47. The van der Waals surface area contributed by atoms with Crippen LogP contribution in [0.2, 0.25) is 0 Å². The molecule has 0 saturated heterocycles. The summed E-state index contributed by atoms with van der Waals surface area (Å²) in [7, 11) is 0. The SMILES string of the molecule is N#Cc1nnc2cc(-c3ccncc3)ccc2c1NCCO. The van der Waals surface area contributed by atoms with E-state index in [2.05, 4.69) is 20.5 Å². The first-order chi connectivity index (χ1) is 10.8. The number of hydrogen-bond donors (Lipinski definition) is 2. The van der Waals surface area contributed by atoms with Crippen molar-refractivity contribution >= 4 is 16.6 Å². The van der Waals surface area contributed by atoms with Crippen LogP contribution < -0.4 is 5.32 Å². The van der Waals surface area contributed by atoms with Crippen LogP contribution in [0.5, 0.6) is 0 Å². The summed E-state index contributed by atoms with van der Waals surface area (Å²) in [6.45, 7) is 0.325. The molecule has 0 radical (unpaired) electrons. The highest BCUT2D eigenvalue weighted by Gasteiger charge is 2.11. The van der Waals surface area contributed by atoms with E-state index in [1.165, 1.54) is 0 Å². The summed E-state index contributed by atoms with van der Waals surface area (Å²) in [6, 6.07) is 11.6. The van der Waals surface area contributed by atoms with Gasteiger partial charge < -0.3 is 10.4 Å². The number of benzene rings is 1. The average molecular weight is 291 g/mol. The van der Waals surface area contributed by atoms with Gasteiger partial charge in [-0.3, -0.25) is 4.98 Å². The molecule has 0 aliphatic heterocycles. The number of nitriles is 1. The van der Waals surface area contributed by atoms with Crippen molar-refractivity contribution in [1.82, 2.24) is 15.2 Å². The Balaban J connectivity index is 2.13. The number of anilines is 1. The Bertz CT molecular complexity index is 842. The van der Waals surface area contributed by atoms with Gasteiger partial charge in [0.2, 0.25) is 0 Å². The van der Waals surface area contributed by atoms with Crippen LogP contribution in [0, 0.1) is 11.3 Å². The molecule has 108 valence electrons. The van der Waals surface area contributed by atoms with Gasteiger partial charge in [-0.2, -0.15) is 5.26 Å². The van der Waals surface area contributed by atoms with Crippen LogP contribution in [0.3, 0.4) is 0 Å². The summed E-state index contributed by atoms with van der Waals surface area (Å²) < 4.78 is 0. The third-order valence-electron chi connectivity index (χ3n) is 3.29. The molecule has 0 unspecified atom stereocenters. The van der Waals surface area contributed by atoms with E-state index in [0.717, 1.165) is 16.5 Å². The molecule has 2 aromatic heterocycles. The maximum absolute atomic E-state index is 9.15. The Morgan fingerprint density at radius 2 is 1.91 bits per heavy atom. The largest absolute Gasteiger partial charge is 0.395 e. The first kappa shape index (κ1) is 13.9. The highest BCUT2D eigenvalue weighted by Crippen LogP contribution is 2.28. The van der Waals surface area contributed by atoms with E-state index < -0.39 is 0 Å². The second kappa shape index (κ2) is 6.16. The highest BCUT2D eigenvalue weighted by molar-refractivity contribution is 5.95. The second-order valence-electron chi connectivity index (χ2n) is 4.65. The van der Waals surface area contributed by atoms with Crippen molar-refractivity contribution in [3.8, 4) is 17.2 Å². The van der Waals surface area contributed by atoms with Crippen LogP contribution in [-0.2, 0) is 0 Å². The van der Waals surface area contributed by atoms with Crippen LogP contribution in [-0.4, -0.2) is 33.4 Å². The van der Waals surface area contributed by atoms with Gasteiger partial charge in [0.05, 0.1) is 17.8 Å². The molecule has 0 spiro atoms. The predicted molar refractivity (Wildman–Crippen MR) is 83.1 cm³/mol. The highest BCUT2D eigenvalue weighted by atomic mass is 16.3. The standard InChI is InChI=1S/C16H13N5O/c17-10-15-16(19-7-8-22)13-2-1-12(9-14(13)20-21-15)11-3-5-18-6-4-11/h1-6,9,22H,7-8H2,(H,19,20). The molecule has 3 rings (SSSR count). The van der Waals surface area contributed by atoms with Gasteiger partial charge in [-0.25, -0.2) is 0 Å². The van der Waals surface area contributed by atoms with E-state index in [1.807, 2.05) is 36.4 Å². The molecular weight excluding hydrogens is 278 g/mol. The van der Waals surface area contributed by atoms with Gasteiger partial charge in [0.1, 0.15) is 6.07 Å². The van der Waals surface area contributed by atoms with Gasteiger partial charge in [0, 0.05) is 24.3 Å². The molecule has 0 saturated carbocycles. The normalized spacial score (nSPS) is 10.4. The number of nitrogens with zero attached hydrogens (tertiary/aromatic N) is 4. The van der Waals surface area contributed by atoms with Crippen molar-refractivity contribution < 1.29 is 5.11 Å². The van der Waals surface area contributed by atoms with Crippen LogP contribution in [0.4, 0.5) is 5.69 Å². The number of pyridine rings is 1. The van der Waals surface area contributed by atoms with Crippen LogP contribution in [0.15, 0.2) is 42.7 Å². The van der Waals surface area contributed by atoms with E-state index >= 15 is 0 Å². The predicted octanol–water partition coefficient (Wildman–Crippen LogP) is 1.97. The molecule has 2 heterocycles. The zero-order valence-corrected chi connectivity index (χ0v) is 11.7. The fraction of sp³-hybridized carbons (Fsp3) is 0.125. The molecule has 3 aromatic rings. The summed E-state index contributed by atoms with van der Waals surface area (Å²) in [5.74, 6) is 0. The average Bonchev–Trinajstić information content (AvgIpc) is 2.59. The molecule has 0 aliphatic carbocycles. The third-order valence-corrected chi connectivity index (χ3v) is 3.29. The molecule has 6 heteroatoms. The minimum absolute atomic E-state index is 0.0240. The minimum Gasteiger partial charge on any atom is -0.395 e. The summed E-state index contributed by atoms with van der Waals surface area (Å²) in [4.78, 5) is 4.01. The number of hydrogen-bond acceptors (Lipinski definition) is 6. The van der Waals surface area contributed by atoms with Gasteiger partial charge >= 0.3 is 0 Å². The molecular formula is C16H13N5O. The third kappa shape index (κ3) is 2.57. The monoisotopic (exact) mass is 291 g/mol. The summed E-state index contributed by atoms with van der Waals surface area (Å²) in [5.41, 5.74) is 3.55. The number of aromatic nitrogens is 3. The molecule has 2 N–H and O–H groups in total. The van der Waals surface area contributed by atoms with Gasteiger partial charge in [-0.15, -0.1) is 10.2 Å². The topological polar surface area (TPSA) is 94.7 Å². The quantitative estimate of drug-likeness (QED) is 0.763. The van der Waals surface area contributed by atoms with Crippen molar-refractivity contribution in [2.45, 2.75) is 0 Å². The summed E-state index contributed by atoms with van der Waals surface area (Å²) in [5, 5.41) is 30.0. The summed E-state index contributed by atoms with van der Waals surface area (Å²) >= 11 is 0. The minimum atomic E-state index is -0.0240. The molecule has 22 heavy (non-hydrogen) atoms. The molecule has 0 fully saturated rings. The van der Waals surface area contributed by atoms with E-state index in [1.54, 1.807) is 12.4 Å². The van der Waals surface area contributed by atoms with E-state index in [0.29, 0.717) is 17.7 Å².